The summed E-state index contributed by atoms with van der Waals surface area (Å²) >= 11 is 1.31. The molecular weight excluding hydrogens is 260 g/mol. The zero-order valence-electron chi connectivity index (χ0n) is 11.1. The molecule has 0 aromatic carbocycles. The smallest absolute Gasteiger partial charge is 0.192 e. The molecule has 0 saturated heterocycles. The second-order valence-electron chi connectivity index (χ2n) is 3.89. The largest absolute Gasteiger partial charge is 0.244 e. The minimum atomic E-state index is 0.590. The number of aromatic nitrogens is 5. The van der Waals surface area contributed by atoms with Gasteiger partial charge >= 0.3 is 0 Å². The molecule has 2 heterocycles. The Balaban J connectivity index is 2.47. The molecule has 0 atom stereocenters. The van der Waals surface area contributed by atoms with Gasteiger partial charge in [0.05, 0.1) is 11.3 Å². The number of hydrogen-bond acceptors (Lipinski definition) is 6. The first-order valence-electron chi connectivity index (χ1n) is 6.01. The van der Waals surface area contributed by atoms with E-state index in [-0.39, 0.29) is 0 Å². The monoisotopic (exact) mass is 274 g/mol. The first-order chi connectivity index (χ1) is 9.21. The molecule has 2 aromatic heterocycles. The van der Waals surface area contributed by atoms with Gasteiger partial charge < -0.3 is 0 Å². The van der Waals surface area contributed by atoms with Gasteiger partial charge in [-0.05, 0) is 30.2 Å². The molecule has 0 unspecified atom stereocenters. The highest BCUT2D eigenvalue weighted by atomic mass is 32.2. The Morgan fingerprint density at radius 2 is 2.11 bits per heavy atom. The molecule has 6 nitrogen and oxygen atoms in total. The zero-order chi connectivity index (χ0) is 13.8. The Morgan fingerprint density at radius 3 is 2.63 bits per heavy atom. The van der Waals surface area contributed by atoms with Gasteiger partial charge in [-0.1, -0.05) is 13.8 Å². The van der Waals surface area contributed by atoms with Gasteiger partial charge in [-0.15, -0.1) is 5.10 Å². The number of nitriles is 1. The molecule has 0 aliphatic rings. The molecule has 0 fully saturated rings. The van der Waals surface area contributed by atoms with E-state index < -0.39 is 0 Å². The topological polar surface area (TPSA) is 80.3 Å². The predicted octanol–water partition coefficient (Wildman–Crippen LogP) is 1.75. The average molecular weight is 274 g/mol. The normalized spacial score (nSPS) is 10.4. The van der Waals surface area contributed by atoms with Gasteiger partial charge in [0, 0.05) is 7.05 Å². The summed E-state index contributed by atoms with van der Waals surface area (Å²) in [4.78, 5) is 4.12. The highest BCUT2D eigenvalue weighted by Crippen LogP contribution is 2.28. The second kappa shape index (κ2) is 5.80. The van der Waals surface area contributed by atoms with Crippen molar-refractivity contribution in [3.05, 3.63) is 23.1 Å². The molecule has 0 radical (unpaired) electrons. The van der Waals surface area contributed by atoms with Crippen molar-refractivity contribution in [2.75, 3.05) is 0 Å². The lowest BCUT2D eigenvalue weighted by Crippen LogP contribution is -2.05. The van der Waals surface area contributed by atoms with Crippen molar-refractivity contribution in [3.63, 3.8) is 0 Å². The number of rotatable bonds is 4. The fourth-order valence-electron chi connectivity index (χ4n) is 1.81. The first kappa shape index (κ1) is 13.5. The van der Waals surface area contributed by atoms with Gasteiger partial charge in [-0.3, -0.25) is 0 Å². The third kappa shape index (κ3) is 2.58. The maximum Gasteiger partial charge on any atom is 0.192 e. The summed E-state index contributed by atoms with van der Waals surface area (Å²) in [5.74, 6) is 0. The Labute approximate surface area is 115 Å². The van der Waals surface area contributed by atoms with Crippen molar-refractivity contribution in [1.29, 1.82) is 5.26 Å². The van der Waals surface area contributed by atoms with E-state index in [2.05, 4.69) is 26.3 Å². The van der Waals surface area contributed by atoms with E-state index in [4.69, 9.17) is 0 Å². The third-order valence-electron chi connectivity index (χ3n) is 2.78. The lowest BCUT2D eigenvalue weighted by atomic mass is 10.1. The molecule has 0 aliphatic heterocycles. The molecule has 0 saturated carbocycles. The van der Waals surface area contributed by atoms with E-state index >= 15 is 0 Å². The predicted molar refractivity (Wildman–Crippen MR) is 70.6 cm³/mol. The molecule has 98 valence electrons. The molecule has 7 heteroatoms. The van der Waals surface area contributed by atoms with Crippen LogP contribution in [-0.2, 0) is 19.9 Å². The Morgan fingerprint density at radius 1 is 1.32 bits per heavy atom. The third-order valence-corrected chi connectivity index (χ3v) is 3.81. The highest BCUT2D eigenvalue weighted by molar-refractivity contribution is 7.99. The fraction of sp³-hybridized carbons (Fsp3) is 0.417. The van der Waals surface area contributed by atoms with Crippen molar-refractivity contribution in [2.45, 2.75) is 36.9 Å². The molecule has 0 spiro atoms. The second-order valence-corrected chi connectivity index (χ2v) is 4.85. The van der Waals surface area contributed by atoms with Crippen LogP contribution in [-0.4, -0.2) is 25.0 Å². The summed E-state index contributed by atoms with van der Waals surface area (Å²) in [6.07, 6.45) is 3.02. The van der Waals surface area contributed by atoms with E-state index in [1.807, 2.05) is 13.8 Å². The summed E-state index contributed by atoms with van der Waals surface area (Å²) in [5.41, 5.74) is 2.47. The van der Waals surface area contributed by atoms with Crippen molar-refractivity contribution in [2.24, 2.45) is 7.05 Å². The van der Waals surface area contributed by atoms with Crippen molar-refractivity contribution in [1.82, 2.24) is 25.0 Å². The molecule has 0 aliphatic carbocycles. The van der Waals surface area contributed by atoms with Crippen molar-refractivity contribution < 1.29 is 0 Å². The van der Waals surface area contributed by atoms with Gasteiger partial charge in [0.2, 0.25) is 0 Å². The van der Waals surface area contributed by atoms with E-state index in [0.717, 1.165) is 24.1 Å². The quantitative estimate of drug-likeness (QED) is 0.845. The van der Waals surface area contributed by atoms with Gasteiger partial charge in [-0.25, -0.2) is 9.67 Å². The molecule has 19 heavy (non-hydrogen) atoms. The van der Waals surface area contributed by atoms with Crippen LogP contribution in [0.15, 0.2) is 16.5 Å². The average Bonchev–Trinajstić information content (AvgIpc) is 2.83. The number of nitrogens with zero attached hydrogens (tertiary/aromatic N) is 6. The van der Waals surface area contributed by atoms with Crippen LogP contribution in [0.1, 0.15) is 30.7 Å². The highest BCUT2D eigenvalue weighted by Gasteiger charge is 2.16. The lowest BCUT2D eigenvalue weighted by Gasteiger charge is -2.09. The van der Waals surface area contributed by atoms with Crippen molar-refractivity contribution in [3.8, 4) is 6.07 Å². The minimum Gasteiger partial charge on any atom is -0.244 e. The fourth-order valence-corrected chi connectivity index (χ4v) is 2.61. The Hall–Kier alpha value is -1.94. The maximum atomic E-state index is 9.37. The summed E-state index contributed by atoms with van der Waals surface area (Å²) in [6.45, 7) is 4.04. The molecule has 0 N–H and O–H groups in total. The summed E-state index contributed by atoms with van der Waals surface area (Å²) < 4.78 is 1.65. The SMILES string of the molecule is CCc1nnc(Sc2ncnn2C)c(C#N)c1CC. The Bertz CT molecular complexity index is 628. The number of hydrogen-bond donors (Lipinski definition) is 0. The van der Waals surface area contributed by atoms with E-state index in [9.17, 15) is 5.26 Å². The lowest BCUT2D eigenvalue weighted by molar-refractivity contribution is 0.683. The molecule has 2 rings (SSSR count). The maximum absolute atomic E-state index is 9.37. The van der Waals surface area contributed by atoms with E-state index in [1.165, 1.54) is 18.1 Å². The van der Waals surface area contributed by atoms with Crippen LogP contribution in [0.25, 0.3) is 0 Å². The summed E-state index contributed by atoms with van der Waals surface area (Å²) in [6, 6.07) is 2.24. The van der Waals surface area contributed by atoms with Crippen LogP contribution in [0.3, 0.4) is 0 Å². The van der Waals surface area contributed by atoms with Gasteiger partial charge in [0.25, 0.3) is 0 Å². The molecule has 2 aromatic rings. The Kier molecular flexibility index (Phi) is 4.12. The summed E-state index contributed by atoms with van der Waals surface area (Å²) in [7, 11) is 1.80. The van der Waals surface area contributed by atoms with Crippen molar-refractivity contribution >= 4 is 11.8 Å². The minimum absolute atomic E-state index is 0.590. The molecule has 0 amide bonds. The van der Waals surface area contributed by atoms with Gasteiger partial charge in [0.15, 0.2) is 5.16 Å². The van der Waals surface area contributed by atoms with Crippen LogP contribution in [0.2, 0.25) is 0 Å². The molecule has 0 bridgehead atoms. The number of aryl methyl sites for hydroxylation is 2. The van der Waals surface area contributed by atoms with Gasteiger partial charge in [0.1, 0.15) is 17.4 Å². The van der Waals surface area contributed by atoms with Crippen LogP contribution in [0, 0.1) is 11.3 Å². The first-order valence-corrected chi connectivity index (χ1v) is 6.83. The molecular formula is C12H14N6S. The van der Waals surface area contributed by atoms with Crippen LogP contribution < -0.4 is 0 Å². The zero-order valence-corrected chi connectivity index (χ0v) is 11.9. The van der Waals surface area contributed by atoms with E-state index in [0.29, 0.717) is 15.7 Å². The van der Waals surface area contributed by atoms with E-state index in [1.54, 1.807) is 11.7 Å². The van der Waals surface area contributed by atoms with Crippen LogP contribution >= 0.6 is 11.8 Å². The standard InChI is InChI=1S/C12H14N6S/c1-4-8-9(6-13)11(17-16-10(8)5-2)19-12-14-7-15-18(12)3/h7H,4-5H2,1-3H3. The van der Waals surface area contributed by atoms with Gasteiger partial charge in [-0.2, -0.15) is 15.5 Å². The summed E-state index contributed by atoms with van der Waals surface area (Å²) in [5, 5.41) is 23.0. The van der Waals surface area contributed by atoms with Crippen LogP contribution in [0.5, 0.6) is 0 Å². The van der Waals surface area contributed by atoms with Crippen LogP contribution in [0.4, 0.5) is 0 Å².